The Kier molecular flexibility index (Phi) is 16.2. The molecule has 0 aromatic rings. The van der Waals surface area contributed by atoms with Gasteiger partial charge in [0.2, 0.25) is 0 Å². The Morgan fingerprint density at radius 3 is 2.21 bits per heavy atom. The van der Waals surface area contributed by atoms with E-state index in [1.54, 1.807) is 0 Å². The standard InChI is InChI=1S/C10H19BrO2.K.H/c1-2-3-4-5-6-7-8-9(11)10(12)13;;/h9H,2-8H2,1H3,(H,12,13);;. The third-order valence-corrected chi connectivity index (χ3v) is 2.93. The van der Waals surface area contributed by atoms with Gasteiger partial charge in [0.05, 0.1) is 0 Å². The van der Waals surface area contributed by atoms with Crippen molar-refractivity contribution in [2.45, 2.75) is 56.7 Å². The number of aliphatic carboxylic acids is 1. The minimum absolute atomic E-state index is 0. The first-order chi connectivity index (χ1) is 6.18. The van der Waals surface area contributed by atoms with Gasteiger partial charge < -0.3 is 5.11 Å². The molecule has 80 valence electrons. The van der Waals surface area contributed by atoms with E-state index in [1.165, 1.54) is 25.7 Å². The molecule has 0 aromatic carbocycles. The van der Waals surface area contributed by atoms with E-state index in [2.05, 4.69) is 22.9 Å². The fourth-order valence-corrected chi connectivity index (χ4v) is 1.55. The molecular weight excluding hydrogens is 271 g/mol. The molecule has 0 radical (unpaired) electrons. The van der Waals surface area contributed by atoms with Crippen molar-refractivity contribution in [1.82, 2.24) is 0 Å². The third kappa shape index (κ3) is 11.7. The monoisotopic (exact) mass is 290 g/mol. The Morgan fingerprint density at radius 1 is 1.21 bits per heavy atom. The number of halogens is 1. The molecule has 4 heteroatoms. The molecule has 1 atom stereocenters. The van der Waals surface area contributed by atoms with Crippen LogP contribution in [-0.4, -0.2) is 67.3 Å². The average molecular weight is 291 g/mol. The van der Waals surface area contributed by atoms with Crippen LogP contribution in [0.5, 0.6) is 0 Å². The van der Waals surface area contributed by atoms with Crippen molar-refractivity contribution in [2.75, 3.05) is 0 Å². The van der Waals surface area contributed by atoms with Gasteiger partial charge in [-0.1, -0.05) is 61.4 Å². The molecule has 0 heterocycles. The maximum atomic E-state index is 10.4. The van der Waals surface area contributed by atoms with Gasteiger partial charge in [0.25, 0.3) is 0 Å². The van der Waals surface area contributed by atoms with Gasteiger partial charge >= 0.3 is 57.4 Å². The molecule has 0 saturated carbocycles. The Bertz CT molecular complexity index is 142. The molecule has 0 amide bonds. The Balaban J connectivity index is 0. The van der Waals surface area contributed by atoms with Crippen molar-refractivity contribution < 1.29 is 9.90 Å². The van der Waals surface area contributed by atoms with E-state index in [0.717, 1.165) is 19.3 Å². The van der Waals surface area contributed by atoms with Crippen molar-refractivity contribution in [3.05, 3.63) is 0 Å². The molecule has 0 spiro atoms. The first-order valence-corrected chi connectivity index (χ1v) is 5.97. The zero-order chi connectivity index (χ0) is 10.1. The zero-order valence-corrected chi connectivity index (χ0v) is 9.85. The normalized spacial score (nSPS) is 11.9. The molecule has 14 heavy (non-hydrogen) atoms. The van der Waals surface area contributed by atoms with Gasteiger partial charge in [0.15, 0.2) is 0 Å². The molecule has 0 aliphatic rings. The van der Waals surface area contributed by atoms with Crippen molar-refractivity contribution in [3.8, 4) is 0 Å². The SMILES string of the molecule is CCCCCCCCC(Br)C(=O)O.[KH]. The summed E-state index contributed by atoms with van der Waals surface area (Å²) in [6.07, 6.45) is 8.03. The number of alkyl halides is 1. The van der Waals surface area contributed by atoms with E-state index >= 15 is 0 Å². The molecule has 0 aliphatic heterocycles. The predicted molar refractivity (Wildman–Crippen MR) is 65.5 cm³/mol. The summed E-state index contributed by atoms with van der Waals surface area (Å²) < 4.78 is 0. The van der Waals surface area contributed by atoms with Crippen molar-refractivity contribution in [2.24, 2.45) is 0 Å². The zero-order valence-electron chi connectivity index (χ0n) is 8.26. The van der Waals surface area contributed by atoms with Crippen molar-refractivity contribution in [1.29, 1.82) is 0 Å². The number of carboxylic acids is 1. The fourth-order valence-electron chi connectivity index (χ4n) is 1.23. The number of carboxylic acid groups (broad SMARTS) is 1. The van der Waals surface area contributed by atoms with Crippen molar-refractivity contribution in [3.63, 3.8) is 0 Å². The van der Waals surface area contributed by atoms with Gasteiger partial charge in [-0.3, -0.25) is 4.79 Å². The van der Waals surface area contributed by atoms with E-state index in [9.17, 15) is 4.79 Å². The summed E-state index contributed by atoms with van der Waals surface area (Å²) in [6.45, 7) is 2.19. The van der Waals surface area contributed by atoms with Crippen LogP contribution in [0.1, 0.15) is 51.9 Å². The molecular formula is C10H20BrKO2. The van der Waals surface area contributed by atoms with E-state index in [1.807, 2.05) is 0 Å². The van der Waals surface area contributed by atoms with Gasteiger partial charge in [-0.25, -0.2) is 0 Å². The molecule has 0 bridgehead atoms. The molecule has 1 unspecified atom stereocenters. The molecule has 0 rings (SSSR count). The average Bonchev–Trinajstić information content (AvgIpc) is 2.10. The number of hydrogen-bond donors (Lipinski definition) is 1. The van der Waals surface area contributed by atoms with Crippen molar-refractivity contribution >= 4 is 73.3 Å². The summed E-state index contributed by atoms with van der Waals surface area (Å²) in [5.74, 6) is -0.742. The fraction of sp³-hybridized carbons (Fsp3) is 0.900. The van der Waals surface area contributed by atoms with Crippen LogP contribution in [0.25, 0.3) is 0 Å². The van der Waals surface area contributed by atoms with Crippen LogP contribution < -0.4 is 0 Å². The quantitative estimate of drug-likeness (QED) is 0.424. The van der Waals surface area contributed by atoms with Crippen LogP contribution in [0.15, 0.2) is 0 Å². The first kappa shape index (κ1) is 18.0. The molecule has 0 fully saturated rings. The second kappa shape index (κ2) is 12.7. The number of hydrogen-bond acceptors (Lipinski definition) is 1. The summed E-state index contributed by atoms with van der Waals surface area (Å²) in [5.41, 5.74) is 0. The van der Waals surface area contributed by atoms with Crippen LogP contribution in [0.3, 0.4) is 0 Å². The van der Waals surface area contributed by atoms with Crippen LogP contribution in [0.2, 0.25) is 0 Å². The van der Waals surface area contributed by atoms with Gasteiger partial charge in [-0.2, -0.15) is 0 Å². The van der Waals surface area contributed by atoms with Gasteiger partial charge in [-0.15, -0.1) is 0 Å². The second-order valence-corrected chi connectivity index (χ2v) is 4.47. The Labute approximate surface area is 138 Å². The van der Waals surface area contributed by atoms with E-state index in [-0.39, 0.29) is 56.2 Å². The number of carbonyl (C=O) groups is 1. The Hall–Kier alpha value is 1.59. The van der Waals surface area contributed by atoms with Crippen LogP contribution in [-0.2, 0) is 4.79 Å². The minimum atomic E-state index is -0.742. The van der Waals surface area contributed by atoms with Crippen LogP contribution in [0.4, 0.5) is 0 Å². The maximum absolute atomic E-state index is 10.4. The van der Waals surface area contributed by atoms with E-state index in [4.69, 9.17) is 5.11 Å². The van der Waals surface area contributed by atoms with Gasteiger partial charge in [0.1, 0.15) is 4.83 Å². The summed E-state index contributed by atoms with van der Waals surface area (Å²) in [6, 6.07) is 0. The first-order valence-electron chi connectivity index (χ1n) is 5.05. The number of unbranched alkanes of at least 4 members (excludes halogenated alkanes) is 5. The number of rotatable bonds is 8. The summed E-state index contributed by atoms with van der Waals surface area (Å²) >= 11 is 3.13. The Morgan fingerprint density at radius 2 is 1.71 bits per heavy atom. The van der Waals surface area contributed by atoms with Crippen LogP contribution >= 0.6 is 15.9 Å². The summed E-state index contributed by atoms with van der Waals surface area (Å²) in [5, 5.41) is 8.58. The third-order valence-electron chi connectivity index (χ3n) is 2.08. The van der Waals surface area contributed by atoms with Crippen LogP contribution in [0, 0.1) is 0 Å². The molecule has 2 nitrogen and oxygen atoms in total. The molecule has 1 N–H and O–H groups in total. The topological polar surface area (TPSA) is 37.3 Å². The summed E-state index contributed by atoms with van der Waals surface area (Å²) in [7, 11) is 0. The molecule has 0 aromatic heterocycles. The van der Waals surface area contributed by atoms with E-state index in [0.29, 0.717) is 0 Å². The van der Waals surface area contributed by atoms with Gasteiger partial charge in [0, 0.05) is 0 Å². The molecule has 0 aliphatic carbocycles. The summed E-state index contributed by atoms with van der Waals surface area (Å²) in [4.78, 5) is 10.1. The van der Waals surface area contributed by atoms with E-state index < -0.39 is 5.97 Å². The predicted octanol–water partition coefficient (Wildman–Crippen LogP) is 2.94. The molecule has 0 saturated heterocycles. The van der Waals surface area contributed by atoms with Gasteiger partial charge in [-0.05, 0) is 6.42 Å². The second-order valence-electron chi connectivity index (χ2n) is 3.36.